The molecule has 186 valence electrons. The van der Waals surface area contributed by atoms with Crippen molar-refractivity contribution in [2.24, 2.45) is 0 Å². The molecule has 0 saturated heterocycles. The minimum atomic E-state index is -4.23. The van der Waals surface area contributed by atoms with E-state index in [0.717, 1.165) is 23.4 Å². The van der Waals surface area contributed by atoms with Crippen LogP contribution >= 0.6 is 0 Å². The van der Waals surface area contributed by atoms with Crippen molar-refractivity contribution in [2.75, 3.05) is 18.9 Å². The normalized spacial score (nSPS) is 13.6. The molecule has 0 amide bonds. The maximum Gasteiger partial charge on any atom is 0.425 e. The minimum Gasteiger partial charge on any atom is -0.748 e. The van der Waals surface area contributed by atoms with Gasteiger partial charge in [0.1, 0.15) is 6.54 Å². The second kappa shape index (κ2) is 13.3. The number of rotatable bonds is 7. The molecule has 0 unspecified atom stereocenters. The van der Waals surface area contributed by atoms with Crippen LogP contribution in [0.3, 0.4) is 0 Å². The summed E-state index contributed by atoms with van der Waals surface area (Å²) in [6, 6.07) is 5.47. The summed E-state index contributed by atoms with van der Waals surface area (Å²) in [6.07, 6.45) is 0.994. The van der Waals surface area contributed by atoms with Gasteiger partial charge in [-0.05, 0) is 26.3 Å². The predicted octanol–water partition coefficient (Wildman–Crippen LogP) is 0.577. The Bertz CT molecular complexity index is 1170. The van der Waals surface area contributed by atoms with E-state index >= 15 is 0 Å². The van der Waals surface area contributed by atoms with Gasteiger partial charge >= 0.3 is 27.2 Å². The van der Waals surface area contributed by atoms with Crippen LogP contribution in [0.5, 0.6) is 0 Å². The molecule has 0 aromatic heterocycles. The van der Waals surface area contributed by atoms with Crippen LogP contribution in [0.4, 0.5) is 5.69 Å². The van der Waals surface area contributed by atoms with Gasteiger partial charge in [0.25, 0.3) is 0 Å². The van der Waals surface area contributed by atoms with Crippen LogP contribution in [0.15, 0.2) is 18.2 Å². The second-order valence-corrected chi connectivity index (χ2v) is 9.56. The summed E-state index contributed by atoms with van der Waals surface area (Å²) in [7, 11) is -10.5. The summed E-state index contributed by atoms with van der Waals surface area (Å²) in [4.78, 5) is 12.4. The Morgan fingerprint density at radius 3 is 2.06 bits per heavy atom. The van der Waals surface area contributed by atoms with Gasteiger partial charge in [-0.25, -0.2) is 13.2 Å². The lowest BCUT2D eigenvalue weighted by atomic mass is 9.79. The molecule has 1 heterocycles. The highest BCUT2D eigenvalue weighted by atomic mass is 32.2. The van der Waals surface area contributed by atoms with E-state index in [1.54, 1.807) is 12.1 Å². The van der Waals surface area contributed by atoms with Crippen molar-refractivity contribution in [3.05, 3.63) is 29.3 Å². The molecule has 15 heteroatoms. The molecule has 33 heavy (non-hydrogen) atoms. The lowest BCUT2D eigenvalue weighted by Gasteiger charge is -2.18. The van der Waals surface area contributed by atoms with Gasteiger partial charge in [0.05, 0.1) is 33.3 Å². The first-order valence-electron chi connectivity index (χ1n) is 9.45. The fourth-order valence-electron chi connectivity index (χ4n) is 3.25. The Kier molecular flexibility index (Phi) is 12.3. The number of ether oxygens (including phenoxy) is 1. The first kappa shape index (κ1) is 30.5. The van der Waals surface area contributed by atoms with Crippen LogP contribution in [0.2, 0.25) is 0 Å². The van der Waals surface area contributed by atoms with Gasteiger partial charge in [-0.1, -0.05) is 13.0 Å². The van der Waals surface area contributed by atoms with E-state index in [1.165, 1.54) is 0 Å². The summed E-state index contributed by atoms with van der Waals surface area (Å²) >= 11 is 0. The molecule has 1 aromatic rings. The SMILES string of the molecule is CCCOC(=O)c1cccc2c1C(C)(C)C(C)=[N+]2CCCS(=O)(=O)[O-].O=S(=O)=O.O=S(=O)=O. The Morgan fingerprint density at radius 2 is 1.61 bits per heavy atom. The summed E-state index contributed by atoms with van der Waals surface area (Å²) in [5.74, 6) is -0.742. The van der Waals surface area contributed by atoms with Crippen LogP contribution in [-0.2, 0) is 41.5 Å². The maximum absolute atomic E-state index is 12.4. The van der Waals surface area contributed by atoms with Crippen LogP contribution in [0.25, 0.3) is 0 Å². The summed E-state index contributed by atoms with van der Waals surface area (Å²) in [5, 5.41) is 0. The van der Waals surface area contributed by atoms with Crippen molar-refractivity contribution in [1.82, 2.24) is 0 Å². The number of hydrogen-bond donors (Lipinski definition) is 0. The van der Waals surface area contributed by atoms with Crippen LogP contribution < -0.4 is 0 Å². The number of nitrogens with zero attached hydrogens (tertiary/aromatic N) is 1. The highest BCUT2D eigenvalue weighted by molar-refractivity contribution is 7.85. The van der Waals surface area contributed by atoms with Gasteiger partial charge in [-0.3, -0.25) is 0 Å². The monoisotopic (exact) mass is 527 g/mol. The molecule has 0 bridgehead atoms. The van der Waals surface area contributed by atoms with Crippen LogP contribution in [0.1, 0.15) is 56.5 Å². The third-order valence-corrected chi connectivity index (χ3v) is 5.49. The topological polar surface area (TPSA) is 189 Å². The molecule has 1 aliphatic heterocycles. The van der Waals surface area contributed by atoms with Crippen molar-refractivity contribution < 1.29 is 52.3 Å². The van der Waals surface area contributed by atoms with Crippen molar-refractivity contribution in [2.45, 2.75) is 46.0 Å². The van der Waals surface area contributed by atoms with E-state index in [2.05, 4.69) is 0 Å². The number of carbonyl (C=O) groups excluding carboxylic acids is 1. The summed E-state index contributed by atoms with van der Waals surface area (Å²) < 4.78 is 90.6. The zero-order valence-electron chi connectivity index (χ0n) is 18.4. The summed E-state index contributed by atoms with van der Waals surface area (Å²) in [5.41, 5.74) is 2.93. The molecular formula is C18H25NO11S3. The standard InChI is InChI=1S/C18H25NO5S.2O3S/c1-5-11-24-17(20)14-8-6-9-15-16(14)18(3,4)13(2)19(15)10-7-12-25(21,22)23;2*1-4(2)3/h6,8-9H,5,7,10-12H2,1-4H3;;. The van der Waals surface area contributed by atoms with Gasteiger partial charge in [-0.15, -0.1) is 25.3 Å². The van der Waals surface area contributed by atoms with E-state index in [-0.39, 0.29) is 17.8 Å². The largest absolute Gasteiger partial charge is 0.748 e. The molecule has 1 aromatic carbocycles. The molecule has 0 spiro atoms. The zero-order valence-corrected chi connectivity index (χ0v) is 20.9. The molecule has 12 nitrogen and oxygen atoms in total. The quantitative estimate of drug-likeness (QED) is 0.274. The molecule has 0 aliphatic carbocycles. The third-order valence-electron chi connectivity index (χ3n) is 4.70. The maximum atomic E-state index is 12.4. The molecule has 0 radical (unpaired) electrons. The van der Waals surface area contributed by atoms with Crippen molar-refractivity contribution >= 4 is 48.7 Å². The first-order chi connectivity index (χ1) is 15.1. The molecule has 0 N–H and O–H groups in total. The van der Waals surface area contributed by atoms with Crippen molar-refractivity contribution in [3.8, 4) is 0 Å². The molecule has 2 rings (SSSR count). The van der Waals surface area contributed by atoms with Gasteiger partial charge in [-0.2, -0.15) is 4.58 Å². The molecule has 0 atom stereocenters. The lowest BCUT2D eigenvalue weighted by Crippen LogP contribution is -2.28. The average molecular weight is 528 g/mol. The Hall–Kier alpha value is -2.49. The van der Waals surface area contributed by atoms with E-state index in [4.69, 9.17) is 30.0 Å². The van der Waals surface area contributed by atoms with Crippen LogP contribution in [0, 0.1) is 0 Å². The molecule has 0 saturated carbocycles. The number of hydrogen-bond acceptors (Lipinski definition) is 11. The van der Waals surface area contributed by atoms with Gasteiger partial charge < -0.3 is 9.29 Å². The van der Waals surface area contributed by atoms with Gasteiger partial charge in [0, 0.05) is 25.2 Å². The number of fused-ring (bicyclic) bond motifs is 1. The lowest BCUT2D eigenvalue weighted by molar-refractivity contribution is -0.438. The average Bonchev–Trinajstić information content (AvgIpc) is 2.85. The van der Waals surface area contributed by atoms with Crippen molar-refractivity contribution in [1.29, 1.82) is 0 Å². The molecule has 1 aliphatic rings. The number of esters is 1. The third kappa shape index (κ3) is 10.3. The fourth-order valence-corrected chi connectivity index (χ4v) is 3.73. The minimum absolute atomic E-state index is 0.239. The Labute approximate surface area is 195 Å². The first-order valence-corrected chi connectivity index (χ1v) is 13.0. The fraction of sp³-hybridized carbons (Fsp3) is 0.556. The molecular weight excluding hydrogens is 502 g/mol. The Morgan fingerprint density at radius 1 is 1.09 bits per heavy atom. The smallest absolute Gasteiger partial charge is 0.425 e. The highest BCUT2D eigenvalue weighted by Crippen LogP contribution is 2.41. The number of carbonyl (C=O) groups is 1. The van der Waals surface area contributed by atoms with E-state index in [9.17, 15) is 17.8 Å². The van der Waals surface area contributed by atoms with E-state index in [0.29, 0.717) is 18.7 Å². The Balaban J connectivity index is 0.00000111. The zero-order chi connectivity index (χ0) is 26.0. The summed E-state index contributed by atoms with van der Waals surface area (Å²) in [6.45, 7) is 8.75. The van der Waals surface area contributed by atoms with Crippen molar-refractivity contribution in [3.63, 3.8) is 0 Å². The number of benzene rings is 1. The van der Waals surface area contributed by atoms with E-state index < -0.39 is 37.1 Å². The van der Waals surface area contributed by atoms with E-state index in [1.807, 2.05) is 38.3 Å². The van der Waals surface area contributed by atoms with Gasteiger partial charge in [0.15, 0.2) is 5.71 Å². The van der Waals surface area contributed by atoms with Gasteiger partial charge in [0.2, 0.25) is 5.69 Å². The predicted molar refractivity (Wildman–Crippen MR) is 114 cm³/mol. The molecule has 0 fully saturated rings. The highest BCUT2D eigenvalue weighted by Gasteiger charge is 2.45. The second-order valence-electron chi connectivity index (χ2n) is 7.22. The van der Waals surface area contributed by atoms with Crippen LogP contribution in [-0.4, -0.2) is 73.4 Å².